The van der Waals surface area contributed by atoms with Crippen LogP contribution in [0.25, 0.3) is 0 Å². The Morgan fingerprint density at radius 1 is 1.47 bits per heavy atom. The maximum Gasteiger partial charge on any atom is 0.0587 e. The molecule has 1 heterocycles. The van der Waals surface area contributed by atoms with E-state index >= 15 is 0 Å². The molecule has 1 aromatic rings. The average molecular weight is 301 g/mol. The molecule has 1 rings (SSSR count). The van der Waals surface area contributed by atoms with Gasteiger partial charge in [0, 0.05) is 30.0 Å². The summed E-state index contributed by atoms with van der Waals surface area (Å²) in [6.45, 7) is 4.94. The molecule has 0 fully saturated rings. The molecule has 0 amide bonds. The summed E-state index contributed by atoms with van der Waals surface area (Å²) in [5.74, 6) is 0.639. The van der Waals surface area contributed by atoms with Crippen LogP contribution in [0, 0.1) is 5.92 Å². The summed E-state index contributed by atoms with van der Waals surface area (Å²) < 4.78 is 6.04. The summed E-state index contributed by atoms with van der Waals surface area (Å²) in [5.41, 5.74) is 1.16. The van der Waals surface area contributed by atoms with Gasteiger partial charge in [0.05, 0.1) is 6.61 Å². The number of rotatable bonds is 8. The molecule has 96 valence electrons. The first-order valence-corrected chi connectivity index (χ1v) is 6.85. The van der Waals surface area contributed by atoms with Crippen LogP contribution in [-0.2, 0) is 11.2 Å². The molecule has 0 aromatic carbocycles. The molecule has 17 heavy (non-hydrogen) atoms. The minimum absolute atomic E-state index is 0.639. The number of ether oxygens (including phenoxy) is 1. The van der Waals surface area contributed by atoms with Gasteiger partial charge in [-0.05, 0) is 46.9 Å². The fraction of sp³-hybridized carbons (Fsp3) is 0.615. The van der Waals surface area contributed by atoms with Crippen molar-refractivity contribution in [1.82, 2.24) is 10.3 Å². The van der Waals surface area contributed by atoms with Gasteiger partial charge >= 0.3 is 0 Å². The van der Waals surface area contributed by atoms with E-state index in [0.717, 1.165) is 42.7 Å². The molecule has 0 saturated heterocycles. The first-order valence-electron chi connectivity index (χ1n) is 6.06. The summed E-state index contributed by atoms with van der Waals surface area (Å²) in [4.78, 5) is 4.41. The molecule has 1 unspecified atom stereocenters. The Morgan fingerprint density at radius 3 is 2.88 bits per heavy atom. The Labute approximate surface area is 112 Å². The highest BCUT2D eigenvalue weighted by atomic mass is 79.9. The number of nitrogens with zero attached hydrogens (tertiary/aromatic N) is 1. The van der Waals surface area contributed by atoms with Crippen molar-refractivity contribution in [3.8, 4) is 0 Å². The van der Waals surface area contributed by atoms with Crippen molar-refractivity contribution >= 4 is 15.9 Å². The fourth-order valence-electron chi connectivity index (χ4n) is 1.66. The molecule has 0 bridgehead atoms. The maximum absolute atomic E-state index is 5.01. The zero-order chi connectivity index (χ0) is 12.5. The first kappa shape index (κ1) is 14.6. The highest BCUT2D eigenvalue weighted by Crippen LogP contribution is 2.12. The Bertz CT molecular complexity index is 303. The third-order valence-electron chi connectivity index (χ3n) is 2.78. The molecule has 0 aliphatic heterocycles. The van der Waals surface area contributed by atoms with E-state index in [4.69, 9.17) is 4.74 Å². The number of hydrogen-bond donors (Lipinski definition) is 1. The number of nitrogens with one attached hydrogen (secondary N) is 1. The molecule has 1 aromatic heterocycles. The fourth-order valence-corrected chi connectivity index (χ4v) is 1.90. The van der Waals surface area contributed by atoms with Crippen LogP contribution in [0.2, 0.25) is 0 Å². The van der Waals surface area contributed by atoms with Gasteiger partial charge in [0.25, 0.3) is 0 Å². The number of halogens is 1. The molecule has 0 spiro atoms. The number of hydrogen-bond acceptors (Lipinski definition) is 3. The van der Waals surface area contributed by atoms with E-state index in [9.17, 15) is 0 Å². The van der Waals surface area contributed by atoms with Crippen molar-refractivity contribution in [3.05, 3.63) is 28.5 Å². The Hall–Kier alpha value is -0.450. The molecule has 1 atom stereocenters. The zero-order valence-corrected chi connectivity index (χ0v) is 12.2. The lowest BCUT2D eigenvalue weighted by Gasteiger charge is -2.15. The van der Waals surface area contributed by atoms with Crippen LogP contribution in [0.1, 0.15) is 19.0 Å². The van der Waals surface area contributed by atoms with Crippen molar-refractivity contribution in [1.29, 1.82) is 0 Å². The monoisotopic (exact) mass is 300 g/mol. The number of pyridine rings is 1. The highest BCUT2D eigenvalue weighted by molar-refractivity contribution is 9.10. The topological polar surface area (TPSA) is 34.1 Å². The molecule has 4 heteroatoms. The van der Waals surface area contributed by atoms with E-state index < -0.39 is 0 Å². The summed E-state index contributed by atoms with van der Waals surface area (Å²) in [6.07, 6.45) is 4.06. The summed E-state index contributed by atoms with van der Waals surface area (Å²) in [5, 5.41) is 3.41. The largest absolute Gasteiger partial charge is 0.383 e. The van der Waals surface area contributed by atoms with Crippen molar-refractivity contribution < 1.29 is 4.74 Å². The van der Waals surface area contributed by atoms with Gasteiger partial charge in [-0.1, -0.05) is 13.3 Å². The van der Waals surface area contributed by atoms with Crippen LogP contribution in [0.15, 0.2) is 22.8 Å². The van der Waals surface area contributed by atoms with E-state index in [0.29, 0.717) is 5.92 Å². The quantitative estimate of drug-likeness (QED) is 0.750. The molecule has 1 N–H and O–H groups in total. The van der Waals surface area contributed by atoms with Crippen molar-refractivity contribution in [2.45, 2.75) is 19.8 Å². The SMILES string of the molecule is CCC(CNCCOC)Cc1ccc(Br)cn1. The Balaban J connectivity index is 2.33. The molecule has 0 radical (unpaired) electrons. The van der Waals surface area contributed by atoms with Crippen LogP contribution >= 0.6 is 15.9 Å². The van der Waals surface area contributed by atoms with Gasteiger partial charge in [-0.3, -0.25) is 4.98 Å². The van der Waals surface area contributed by atoms with Crippen LogP contribution in [-0.4, -0.2) is 31.8 Å². The van der Waals surface area contributed by atoms with Crippen molar-refractivity contribution in [2.75, 3.05) is 26.8 Å². The summed E-state index contributed by atoms with van der Waals surface area (Å²) in [7, 11) is 1.73. The molecule has 0 aliphatic carbocycles. The van der Waals surface area contributed by atoms with Gasteiger partial charge in [-0.25, -0.2) is 0 Å². The van der Waals surface area contributed by atoms with E-state index in [2.05, 4.69) is 39.2 Å². The molecule has 3 nitrogen and oxygen atoms in total. The van der Waals surface area contributed by atoms with Gasteiger partial charge in [0.2, 0.25) is 0 Å². The number of methoxy groups -OCH3 is 1. The second-order valence-corrected chi connectivity index (χ2v) is 5.06. The second-order valence-electron chi connectivity index (χ2n) is 4.14. The minimum Gasteiger partial charge on any atom is -0.383 e. The van der Waals surface area contributed by atoms with Gasteiger partial charge in [-0.15, -0.1) is 0 Å². The third kappa shape index (κ3) is 6.15. The molecule has 0 aliphatic rings. The van der Waals surface area contributed by atoms with Crippen molar-refractivity contribution in [2.24, 2.45) is 5.92 Å². The van der Waals surface area contributed by atoms with Gasteiger partial charge < -0.3 is 10.1 Å². The van der Waals surface area contributed by atoms with Crippen LogP contribution < -0.4 is 5.32 Å². The van der Waals surface area contributed by atoms with Gasteiger partial charge in [-0.2, -0.15) is 0 Å². The van der Waals surface area contributed by atoms with E-state index in [-0.39, 0.29) is 0 Å². The van der Waals surface area contributed by atoms with Gasteiger partial charge in [0.15, 0.2) is 0 Å². The lowest BCUT2D eigenvalue weighted by Crippen LogP contribution is -2.27. The smallest absolute Gasteiger partial charge is 0.0587 e. The normalized spacial score (nSPS) is 12.6. The van der Waals surface area contributed by atoms with E-state index in [1.165, 1.54) is 0 Å². The Morgan fingerprint density at radius 2 is 2.29 bits per heavy atom. The standard InChI is InChI=1S/C13H21BrN2O/c1-3-11(9-15-6-7-17-2)8-13-5-4-12(14)10-16-13/h4-5,10-11,15H,3,6-9H2,1-2H3. The summed E-state index contributed by atoms with van der Waals surface area (Å²) >= 11 is 3.40. The predicted molar refractivity (Wildman–Crippen MR) is 74.2 cm³/mol. The van der Waals surface area contributed by atoms with E-state index in [1.54, 1.807) is 7.11 Å². The van der Waals surface area contributed by atoms with Crippen LogP contribution in [0.5, 0.6) is 0 Å². The molecular weight excluding hydrogens is 280 g/mol. The zero-order valence-electron chi connectivity index (χ0n) is 10.6. The summed E-state index contributed by atoms with van der Waals surface area (Å²) in [6, 6.07) is 4.13. The number of aromatic nitrogens is 1. The molecule has 0 saturated carbocycles. The Kier molecular flexibility index (Phi) is 7.40. The second kappa shape index (κ2) is 8.61. The van der Waals surface area contributed by atoms with Gasteiger partial charge in [0.1, 0.15) is 0 Å². The highest BCUT2D eigenvalue weighted by Gasteiger charge is 2.07. The maximum atomic E-state index is 5.01. The third-order valence-corrected chi connectivity index (χ3v) is 3.25. The van der Waals surface area contributed by atoms with E-state index in [1.807, 2.05) is 12.3 Å². The molecular formula is C13H21BrN2O. The first-order chi connectivity index (χ1) is 8.26. The van der Waals surface area contributed by atoms with Crippen molar-refractivity contribution in [3.63, 3.8) is 0 Å². The van der Waals surface area contributed by atoms with Crippen LogP contribution in [0.4, 0.5) is 0 Å². The minimum atomic E-state index is 0.639. The average Bonchev–Trinajstić information content (AvgIpc) is 2.35. The van der Waals surface area contributed by atoms with Crippen LogP contribution in [0.3, 0.4) is 0 Å². The lowest BCUT2D eigenvalue weighted by atomic mass is 10.00. The lowest BCUT2D eigenvalue weighted by molar-refractivity contribution is 0.197. The predicted octanol–water partition coefficient (Wildman–Crippen LogP) is 2.65.